The van der Waals surface area contributed by atoms with E-state index < -0.39 is 0 Å². The average Bonchev–Trinajstić information content (AvgIpc) is 2.27. The smallest absolute Gasteiger partial charge is 0.308 e. The topological polar surface area (TPSA) is 26.3 Å². The predicted octanol–water partition coefficient (Wildman–Crippen LogP) is 3.88. The molecule has 1 radical (unpaired) electrons. The second-order valence-electron chi connectivity index (χ2n) is 4.04. The van der Waals surface area contributed by atoms with Gasteiger partial charge >= 0.3 is 5.97 Å². The average molecular weight is 231 g/mol. The molecule has 91 valence electrons. The maximum absolute atomic E-state index is 10.9. The maximum atomic E-state index is 10.9. The quantitative estimate of drug-likeness (QED) is 0.568. The molecule has 1 aromatic carbocycles. The summed E-state index contributed by atoms with van der Waals surface area (Å²) in [6.07, 6.45) is 6.19. The molecule has 2 nitrogen and oxygen atoms in total. The van der Waals surface area contributed by atoms with Crippen LogP contribution in [0.15, 0.2) is 30.3 Å². The maximum Gasteiger partial charge on any atom is 0.308 e. The van der Waals surface area contributed by atoms with E-state index >= 15 is 0 Å². The standard InChI is InChI=1S/C15H19O2/c1-4-7-12(2)10-11-14-8-5-6-9-15(14)17-13(3)16/h5-6,8-12H,2,4,7H2,1,3H3/b11-10+. The molecule has 1 unspecified atom stereocenters. The van der Waals surface area contributed by atoms with Crippen LogP contribution < -0.4 is 4.74 Å². The highest BCUT2D eigenvalue weighted by Crippen LogP contribution is 2.21. The van der Waals surface area contributed by atoms with Gasteiger partial charge in [0.15, 0.2) is 0 Å². The van der Waals surface area contributed by atoms with Crippen molar-refractivity contribution in [1.29, 1.82) is 0 Å². The van der Waals surface area contributed by atoms with Gasteiger partial charge in [-0.2, -0.15) is 0 Å². The molecule has 0 fully saturated rings. The van der Waals surface area contributed by atoms with Crippen LogP contribution in [0.4, 0.5) is 0 Å². The molecular formula is C15H19O2. The number of carbonyl (C=O) groups is 1. The Kier molecular flexibility index (Phi) is 5.47. The Hall–Kier alpha value is -1.57. The van der Waals surface area contributed by atoms with E-state index in [1.54, 1.807) is 6.07 Å². The summed E-state index contributed by atoms with van der Waals surface area (Å²) in [5.41, 5.74) is 0.910. The molecule has 0 aliphatic carbocycles. The zero-order chi connectivity index (χ0) is 12.7. The first-order valence-corrected chi connectivity index (χ1v) is 5.92. The van der Waals surface area contributed by atoms with E-state index in [-0.39, 0.29) is 5.97 Å². The number of allylic oxidation sites excluding steroid dienone is 1. The van der Waals surface area contributed by atoms with Crippen molar-refractivity contribution >= 4 is 12.0 Å². The monoisotopic (exact) mass is 231 g/mol. The minimum atomic E-state index is -0.300. The van der Waals surface area contributed by atoms with Gasteiger partial charge in [0.25, 0.3) is 0 Å². The second kappa shape index (κ2) is 6.89. The van der Waals surface area contributed by atoms with E-state index in [1.165, 1.54) is 6.92 Å². The molecular weight excluding hydrogens is 212 g/mol. The molecule has 17 heavy (non-hydrogen) atoms. The van der Waals surface area contributed by atoms with Crippen LogP contribution in [0.2, 0.25) is 0 Å². The molecule has 0 bridgehead atoms. The van der Waals surface area contributed by atoms with Crippen molar-refractivity contribution < 1.29 is 9.53 Å². The molecule has 1 atom stereocenters. The lowest BCUT2D eigenvalue weighted by molar-refractivity contribution is -0.131. The third-order valence-electron chi connectivity index (χ3n) is 2.38. The van der Waals surface area contributed by atoms with Gasteiger partial charge in [-0.15, -0.1) is 0 Å². The Morgan fingerprint density at radius 1 is 1.47 bits per heavy atom. The van der Waals surface area contributed by atoms with E-state index in [4.69, 9.17) is 4.74 Å². The number of hydrogen-bond donors (Lipinski definition) is 0. The van der Waals surface area contributed by atoms with Gasteiger partial charge in [-0.05, 0) is 25.3 Å². The summed E-state index contributed by atoms with van der Waals surface area (Å²) in [4.78, 5) is 10.9. The van der Waals surface area contributed by atoms with Crippen molar-refractivity contribution in [3.63, 3.8) is 0 Å². The molecule has 0 saturated carbocycles. The summed E-state index contributed by atoms with van der Waals surface area (Å²) < 4.78 is 5.13. The van der Waals surface area contributed by atoms with Gasteiger partial charge in [-0.1, -0.05) is 43.7 Å². The van der Waals surface area contributed by atoms with Crippen molar-refractivity contribution in [1.82, 2.24) is 0 Å². The minimum absolute atomic E-state index is 0.297. The molecule has 2 heteroatoms. The first kappa shape index (κ1) is 13.5. The van der Waals surface area contributed by atoms with E-state index in [9.17, 15) is 4.79 Å². The molecule has 0 aliphatic heterocycles. The summed E-state index contributed by atoms with van der Waals surface area (Å²) in [6, 6.07) is 7.49. The summed E-state index contributed by atoms with van der Waals surface area (Å²) in [5.74, 6) is 0.593. The first-order valence-electron chi connectivity index (χ1n) is 5.92. The van der Waals surface area contributed by atoms with Crippen LogP contribution in [0.5, 0.6) is 5.75 Å². The SMILES string of the molecule is [CH2]C(/C=C/c1ccccc1OC(C)=O)CCC. The highest BCUT2D eigenvalue weighted by Gasteiger charge is 2.03. The van der Waals surface area contributed by atoms with Gasteiger partial charge in [0.05, 0.1) is 0 Å². The van der Waals surface area contributed by atoms with Gasteiger partial charge < -0.3 is 4.74 Å². The largest absolute Gasteiger partial charge is 0.426 e. The second-order valence-corrected chi connectivity index (χ2v) is 4.04. The number of hydrogen-bond acceptors (Lipinski definition) is 2. The Morgan fingerprint density at radius 3 is 2.82 bits per heavy atom. The van der Waals surface area contributed by atoms with Crippen molar-refractivity contribution in [3.05, 3.63) is 42.8 Å². The fraction of sp³-hybridized carbons (Fsp3) is 0.333. The summed E-state index contributed by atoms with van der Waals surface area (Å²) in [6.45, 7) is 7.58. The Labute approximate surface area is 103 Å². The molecule has 0 heterocycles. The van der Waals surface area contributed by atoms with Crippen LogP contribution in [-0.2, 0) is 4.79 Å². The fourth-order valence-corrected chi connectivity index (χ4v) is 1.57. The van der Waals surface area contributed by atoms with Gasteiger partial charge in [0.1, 0.15) is 5.75 Å². The number of benzene rings is 1. The zero-order valence-corrected chi connectivity index (χ0v) is 10.5. The lowest BCUT2D eigenvalue weighted by Gasteiger charge is -2.06. The van der Waals surface area contributed by atoms with Crippen molar-refractivity contribution in [2.75, 3.05) is 0 Å². The van der Waals surface area contributed by atoms with Crippen LogP contribution in [-0.4, -0.2) is 5.97 Å². The molecule has 1 aromatic rings. The zero-order valence-electron chi connectivity index (χ0n) is 10.5. The van der Waals surface area contributed by atoms with Crippen LogP contribution in [0.3, 0.4) is 0 Å². The summed E-state index contributed by atoms with van der Waals surface area (Å²) in [5, 5.41) is 0. The molecule has 0 aromatic heterocycles. The fourth-order valence-electron chi connectivity index (χ4n) is 1.57. The molecule has 0 spiro atoms. The van der Waals surface area contributed by atoms with Crippen molar-refractivity contribution in [2.45, 2.75) is 26.7 Å². The van der Waals surface area contributed by atoms with E-state index in [0.29, 0.717) is 11.7 Å². The van der Waals surface area contributed by atoms with E-state index in [1.807, 2.05) is 30.4 Å². The number of ether oxygens (including phenoxy) is 1. The van der Waals surface area contributed by atoms with Crippen LogP contribution in [0.1, 0.15) is 32.3 Å². The van der Waals surface area contributed by atoms with Gasteiger partial charge in [-0.25, -0.2) is 0 Å². The first-order chi connectivity index (χ1) is 8.13. The molecule has 0 aliphatic rings. The normalized spacial score (nSPS) is 12.6. The Balaban J connectivity index is 2.79. The molecule has 1 rings (SSSR count). The molecule has 0 saturated heterocycles. The lowest BCUT2D eigenvalue weighted by atomic mass is 10.0. The molecule has 0 N–H and O–H groups in total. The Bertz CT molecular complexity index is 394. The highest BCUT2D eigenvalue weighted by molar-refractivity contribution is 5.71. The van der Waals surface area contributed by atoms with Gasteiger partial charge in [0.2, 0.25) is 0 Å². The number of para-hydroxylation sites is 1. The number of esters is 1. The van der Waals surface area contributed by atoms with Crippen LogP contribution in [0.25, 0.3) is 6.08 Å². The highest BCUT2D eigenvalue weighted by atomic mass is 16.5. The van der Waals surface area contributed by atoms with E-state index in [2.05, 4.69) is 13.8 Å². The van der Waals surface area contributed by atoms with Gasteiger partial charge in [0, 0.05) is 12.5 Å². The summed E-state index contributed by atoms with van der Waals surface area (Å²) in [7, 11) is 0. The third-order valence-corrected chi connectivity index (χ3v) is 2.38. The van der Waals surface area contributed by atoms with E-state index in [0.717, 1.165) is 18.4 Å². The van der Waals surface area contributed by atoms with Crippen LogP contribution >= 0.6 is 0 Å². The van der Waals surface area contributed by atoms with Gasteiger partial charge in [-0.3, -0.25) is 4.79 Å². The Morgan fingerprint density at radius 2 is 2.18 bits per heavy atom. The molecule has 0 amide bonds. The minimum Gasteiger partial charge on any atom is -0.426 e. The van der Waals surface area contributed by atoms with Crippen molar-refractivity contribution in [2.24, 2.45) is 5.92 Å². The number of rotatable bonds is 5. The number of carbonyl (C=O) groups excluding carboxylic acids is 1. The van der Waals surface area contributed by atoms with Crippen molar-refractivity contribution in [3.8, 4) is 5.75 Å². The lowest BCUT2D eigenvalue weighted by Crippen LogP contribution is -2.02. The van der Waals surface area contributed by atoms with Crippen LogP contribution in [0, 0.1) is 12.8 Å². The predicted molar refractivity (Wildman–Crippen MR) is 70.5 cm³/mol. The third kappa shape index (κ3) is 4.85. The summed E-state index contributed by atoms with van der Waals surface area (Å²) >= 11 is 0.